The lowest BCUT2D eigenvalue weighted by Crippen LogP contribution is -2.13. The van der Waals surface area contributed by atoms with Crippen molar-refractivity contribution in [3.8, 4) is 0 Å². The normalized spacial score (nSPS) is 10.5. The molecule has 0 bridgehead atoms. The highest BCUT2D eigenvalue weighted by Gasteiger charge is 1.96. The van der Waals surface area contributed by atoms with Crippen molar-refractivity contribution in [2.45, 2.75) is 12.8 Å². The van der Waals surface area contributed by atoms with Crippen LogP contribution >= 0.6 is 22.6 Å². The quantitative estimate of drug-likeness (QED) is 0.381. The van der Waals surface area contributed by atoms with Gasteiger partial charge < -0.3 is 9.88 Å². The fourth-order valence-corrected chi connectivity index (χ4v) is 1.47. The van der Waals surface area contributed by atoms with Crippen LogP contribution in [-0.2, 0) is 13.5 Å². The predicted octanol–water partition coefficient (Wildman–Crippen LogP) is 1.33. The van der Waals surface area contributed by atoms with Crippen LogP contribution in [0.4, 0.5) is 0 Å². The van der Waals surface area contributed by atoms with Gasteiger partial charge in [0.1, 0.15) is 0 Å². The van der Waals surface area contributed by atoms with E-state index in [1.807, 2.05) is 19.6 Å². The monoisotopic (exact) mass is 279 g/mol. The third-order valence-electron chi connectivity index (χ3n) is 1.80. The zero-order valence-corrected chi connectivity index (χ0v) is 9.41. The smallest absolute Gasteiger partial charge is 0.0945 e. The van der Waals surface area contributed by atoms with E-state index in [0.29, 0.717) is 0 Å². The van der Waals surface area contributed by atoms with Gasteiger partial charge in [0.25, 0.3) is 0 Å². The summed E-state index contributed by atoms with van der Waals surface area (Å²) >= 11 is 2.32. The molecule has 0 radical (unpaired) electrons. The predicted molar refractivity (Wildman–Crippen MR) is 58.4 cm³/mol. The Kier molecular flexibility index (Phi) is 4.60. The van der Waals surface area contributed by atoms with Crippen LogP contribution in [0.2, 0.25) is 0 Å². The molecule has 3 nitrogen and oxygen atoms in total. The molecule has 0 atom stereocenters. The zero-order chi connectivity index (χ0) is 8.81. The molecule has 1 N–H and O–H groups in total. The first-order valence-corrected chi connectivity index (χ1v) is 5.59. The molecule has 4 heteroatoms. The number of imidazole rings is 1. The van der Waals surface area contributed by atoms with E-state index < -0.39 is 0 Å². The molecule has 1 aromatic rings. The largest absolute Gasteiger partial charge is 0.338 e. The van der Waals surface area contributed by atoms with Crippen LogP contribution in [0.1, 0.15) is 12.1 Å². The second kappa shape index (κ2) is 5.53. The first-order chi connectivity index (χ1) is 5.84. The average Bonchev–Trinajstić information content (AvgIpc) is 2.46. The highest BCUT2D eigenvalue weighted by molar-refractivity contribution is 14.1. The second-order valence-electron chi connectivity index (χ2n) is 2.73. The topological polar surface area (TPSA) is 29.9 Å². The molecule has 12 heavy (non-hydrogen) atoms. The number of nitrogens with one attached hydrogen (secondary N) is 1. The van der Waals surface area contributed by atoms with Crippen molar-refractivity contribution < 1.29 is 0 Å². The molecule has 0 aromatic carbocycles. The highest BCUT2D eigenvalue weighted by atomic mass is 127. The third kappa shape index (κ3) is 3.10. The van der Waals surface area contributed by atoms with Gasteiger partial charge in [-0.15, -0.1) is 0 Å². The molecular weight excluding hydrogens is 265 g/mol. The van der Waals surface area contributed by atoms with Crippen LogP contribution in [0.15, 0.2) is 12.5 Å². The van der Waals surface area contributed by atoms with Gasteiger partial charge in [-0.3, -0.25) is 0 Å². The first-order valence-electron chi connectivity index (χ1n) is 4.06. The number of alkyl halides is 1. The fraction of sp³-hybridized carbons (Fsp3) is 0.625. The van der Waals surface area contributed by atoms with Gasteiger partial charge in [-0.25, -0.2) is 4.98 Å². The molecule has 0 aliphatic carbocycles. The molecule has 0 aliphatic rings. The van der Waals surface area contributed by atoms with Crippen LogP contribution < -0.4 is 5.32 Å². The van der Waals surface area contributed by atoms with Gasteiger partial charge in [0.05, 0.1) is 6.33 Å². The van der Waals surface area contributed by atoms with Crippen molar-refractivity contribution in [2.24, 2.45) is 7.05 Å². The summed E-state index contributed by atoms with van der Waals surface area (Å²) in [5.41, 5.74) is 1.31. The second-order valence-corrected chi connectivity index (χ2v) is 3.50. The summed E-state index contributed by atoms with van der Waals surface area (Å²) in [6, 6.07) is 0. The first kappa shape index (κ1) is 9.98. The van der Waals surface area contributed by atoms with Crippen LogP contribution in [0.3, 0.4) is 0 Å². The SMILES string of the molecule is Cn1cncc1CCCNCI. The highest BCUT2D eigenvalue weighted by Crippen LogP contribution is 1.99. The molecular formula is C8H14IN3. The summed E-state index contributed by atoms with van der Waals surface area (Å²) in [4.78, 5) is 4.06. The number of aryl methyl sites for hydroxylation is 2. The van der Waals surface area contributed by atoms with Gasteiger partial charge in [-0.05, 0) is 19.4 Å². The summed E-state index contributed by atoms with van der Waals surface area (Å²) < 4.78 is 3.10. The van der Waals surface area contributed by atoms with Crippen LogP contribution in [-0.4, -0.2) is 20.6 Å². The molecule has 1 heterocycles. The lowest BCUT2D eigenvalue weighted by Gasteiger charge is -2.01. The van der Waals surface area contributed by atoms with Crippen molar-refractivity contribution >= 4 is 22.6 Å². The van der Waals surface area contributed by atoms with Crippen LogP contribution in [0.25, 0.3) is 0 Å². The number of rotatable bonds is 5. The zero-order valence-electron chi connectivity index (χ0n) is 7.26. The number of nitrogens with zero attached hydrogens (tertiary/aromatic N) is 2. The maximum absolute atomic E-state index is 4.06. The van der Waals surface area contributed by atoms with Gasteiger partial charge in [0.2, 0.25) is 0 Å². The molecule has 68 valence electrons. The van der Waals surface area contributed by atoms with Gasteiger partial charge in [-0.1, -0.05) is 22.6 Å². The molecule has 0 unspecified atom stereocenters. The van der Waals surface area contributed by atoms with E-state index in [0.717, 1.165) is 17.5 Å². The summed E-state index contributed by atoms with van der Waals surface area (Å²) in [6.45, 7) is 1.09. The minimum atomic E-state index is 1.03. The fourth-order valence-electron chi connectivity index (χ4n) is 1.09. The maximum Gasteiger partial charge on any atom is 0.0945 e. The molecule has 0 aliphatic heterocycles. The summed E-state index contributed by atoms with van der Waals surface area (Å²) in [5, 5.41) is 3.29. The standard InChI is InChI=1S/C8H14IN3/c1-12-7-11-5-8(12)3-2-4-10-6-9/h5,7,10H,2-4,6H2,1H3. The summed E-state index contributed by atoms with van der Waals surface area (Å²) in [7, 11) is 2.04. The average molecular weight is 279 g/mol. The van der Waals surface area contributed by atoms with Gasteiger partial charge >= 0.3 is 0 Å². The van der Waals surface area contributed by atoms with Gasteiger partial charge in [0.15, 0.2) is 0 Å². The Labute approximate surface area is 86.7 Å². The van der Waals surface area contributed by atoms with E-state index in [9.17, 15) is 0 Å². The summed E-state index contributed by atoms with van der Waals surface area (Å²) in [5.74, 6) is 0. The molecule has 1 rings (SSSR count). The Morgan fingerprint density at radius 3 is 3.08 bits per heavy atom. The van der Waals surface area contributed by atoms with E-state index in [2.05, 4.69) is 37.5 Å². The van der Waals surface area contributed by atoms with Crippen molar-refractivity contribution in [2.75, 3.05) is 11.1 Å². The van der Waals surface area contributed by atoms with Crippen LogP contribution in [0.5, 0.6) is 0 Å². The number of aromatic nitrogens is 2. The van der Waals surface area contributed by atoms with E-state index in [4.69, 9.17) is 0 Å². The minimum Gasteiger partial charge on any atom is -0.338 e. The Morgan fingerprint density at radius 2 is 2.50 bits per heavy atom. The van der Waals surface area contributed by atoms with Gasteiger partial charge in [0, 0.05) is 23.5 Å². The van der Waals surface area contributed by atoms with Crippen molar-refractivity contribution in [1.82, 2.24) is 14.9 Å². The number of halogens is 1. The van der Waals surface area contributed by atoms with Crippen molar-refractivity contribution in [3.63, 3.8) is 0 Å². The number of hydrogen-bond acceptors (Lipinski definition) is 2. The minimum absolute atomic E-state index is 1.03. The van der Waals surface area contributed by atoms with E-state index >= 15 is 0 Å². The molecule has 0 amide bonds. The Morgan fingerprint density at radius 1 is 1.67 bits per heavy atom. The molecule has 1 aromatic heterocycles. The Balaban J connectivity index is 2.20. The Bertz CT molecular complexity index is 222. The molecule has 0 fully saturated rings. The molecule has 0 saturated heterocycles. The lowest BCUT2D eigenvalue weighted by molar-refractivity contribution is 0.690. The van der Waals surface area contributed by atoms with E-state index in [-0.39, 0.29) is 0 Å². The van der Waals surface area contributed by atoms with Crippen LogP contribution in [0, 0.1) is 0 Å². The molecule has 0 saturated carbocycles. The molecule has 0 spiro atoms. The summed E-state index contributed by atoms with van der Waals surface area (Å²) in [6.07, 6.45) is 6.08. The van der Waals surface area contributed by atoms with Gasteiger partial charge in [-0.2, -0.15) is 0 Å². The van der Waals surface area contributed by atoms with E-state index in [1.54, 1.807) is 0 Å². The maximum atomic E-state index is 4.06. The Hall–Kier alpha value is -0.100. The van der Waals surface area contributed by atoms with Crippen molar-refractivity contribution in [3.05, 3.63) is 18.2 Å². The van der Waals surface area contributed by atoms with E-state index in [1.165, 1.54) is 12.1 Å². The third-order valence-corrected chi connectivity index (χ3v) is 2.34. The van der Waals surface area contributed by atoms with Crippen molar-refractivity contribution in [1.29, 1.82) is 0 Å². The number of hydrogen-bond donors (Lipinski definition) is 1. The lowest BCUT2D eigenvalue weighted by atomic mass is 10.2.